The molecule has 0 aromatic carbocycles. The minimum Gasteiger partial charge on any atom is -0.329 e. The summed E-state index contributed by atoms with van der Waals surface area (Å²) in [6.45, 7) is 1.57. The molecule has 14 heavy (non-hydrogen) atoms. The zero-order valence-corrected chi connectivity index (χ0v) is 8.24. The number of amides is 1. The summed E-state index contributed by atoms with van der Waals surface area (Å²) in [6, 6.07) is 0. The van der Waals surface area contributed by atoms with Gasteiger partial charge in [-0.3, -0.25) is 14.5 Å². The van der Waals surface area contributed by atoms with Gasteiger partial charge in [-0.25, -0.2) is 4.98 Å². The Kier molecular flexibility index (Phi) is 1.47. The van der Waals surface area contributed by atoms with Crippen molar-refractivity contribution in [3.8, 4) is 0 Å². The molecule has 1 aromatic heterocycles. The van der Waals surface area contributed by atoms with Crippen molar-refractivity contribution < 1.29 is 11.0 Å². The minimum atomic E-state index is -0.683. The Morgan fingerprint density at radius 2 is 2.14 bits per heavy atom. The van der Waals surface area contributed by atoms with E-state index in [0.29, 0.717) is 5.69 Å². The van der Waals surface area contributed by atoms with Gasteiger partial charge in [-0.2, -0.15) is 0 Å². The van der Waals surface area contributed by atoms with Gasteiger partial charge in [-0.1, -0.05) is 0 Å². The highest BCUT2D eigenvalue weighted by atomic mass is 16.2. The molecule has 1 aliphatic heterocycles. The fourth-order valence-corrected chi connectivity index (χ4v) is 1.60. The largest absolute Gasteiger partial charge is 0.329 e. The number of imidazole rings is 1. The number of nitrogens with zero attached hydrogens (tertiary/aromatic N) is 3. The number of carbonyl (C=O) groups is 2. The summed E-state index contributed by atoms with van der Waals surface area (Å²) in [5.74, 6) is -0.930. The Labute approximate surface area is 82.7 Å². The summed E-state index contributed by atoms with van der Waals surface area (Å²) < 4.78 is 8.89. The van der Waals surface area contributed by atoms with Gasteiger partial charge in [-0.05, 0) is 6.92 Å². The van der Waals surface area contributed by atoms with Gasteiger partial charge in [0.1, 0.15) is 13.0 Å². The van der Waals surface area contributed by atoms with E-state index in [9.17, 15) is 9.59 Å². The summed E-state index contributed by atoms with van der Waals surface area (Å²) in [6.07, 6.45) is -0.0119. The quantitative estimate of drug-likeness (QED) is 0.555. The third-order valence-corrected chi connectivity index (χ3v) is 2.50. The lowest BCUT2D eigenvalue weighted by Crippen LogP contribution is -2.41. The highest BCUT2D eigenvalue weighted by Gasteiger charge is 2.37. The molecule has 2 heterocycles. The molecule has 1 aromatic rings. The third kappa shape index (κ3) is 0.921. The van der Waals surface area contributed by atoms with Gasteiger partial charge >= 0.3 is 0 Å². The van der Waals surface area contributed by atoms with E-state index in [0.717, 1.165) is 0 Å². The van der Waals surface area contributed by atoms with E-state index in [2.05, 4.69) is 4.98 Å². The molecule has 0 aliphatic carbocycles. The Bertz CT molecular complexity index is 466. The van der Waals surface area contributed by atoms with Crippen LogP contribution in [0.1, 0.15) is 18.8 Å². The number of ketones is 1. The molecule has 5 heteroatoms. The van der Waals surface area contributed by atoms with Gasteiger partial charge in [0.15, 0.2) is 11.6 Å². The maximum atomic E-state index is 11.8. The van der Waals surface area contributed by atoms with E-state index >= 15 is 0 Å². The van der Waals surface area contributed by atoms with Crippen molar-refractivity contribution in [1.82, 2.24) is 9.55 Å². The Morgan fingerprint density at radius 3 is 2.79 bits per heavy atom. The van der Waals surface area contributed by atoms with Crippen LogP contribution in [0.25, 0.3) is 0 Å². The Morgan fingerprint density at radius 1 is 1.50 bits per heavy atom. The molecule has 0 radical (unpaired) electrons. The molecule has 0 spiro atoms. The Hall–Kier alpha value is -1.65. The maximum absolute atomic E-state index is 11.8. The molecule has 1 unspecified atom stereocenters. The summed E-state index contributed by atoms with van der Waals surface area (Å²) in [7, 11) is 3.17. The minimum absolute atomic E-state index is 0.0119. The third-order valence-electron chi connectivity index (χ3n) is 2.50. The molecule has 2 rings (SSSR count). The smallest absolute Gasteiger partial charge is 0.238 e. The van der Waals surface area contributed by atoms with Gasteiger partial charge in [0.2, 0.25) is 5.91 Å². The van der Waals surface area contributed by atoms with E-state index in [4.69, 9.17) is 1.37 Å². The van der Waals surface area contributed by atoms with Gasteiger partial charge in [0, 0.05) is 14.1 Å². The van der Waals surface area contributed by atoms with Crippen molar-refractivity contribution >= 4 is 17.5 Å². The topological polar surface area (TPSA) is 55.2 Å². The molecule has 0 bridgehead atoms. The second-order valence-electron chi connectivity index (χ2n) is 3.43. The average Bonchev–Trinajstić information content (AvgIpc) is 2.50. The van der Waals surface area contributed by atoms with Crippen LogP contribution in [0, 0.1) is 5.92 Å². The monoisotopic (exact) mass is 194 g/mol. The summed E-state index contributed by atoms with van der Waals surface area (Å²) in [5, 5.41) is 0. The van der Waals surface area contributed by atoms with Crippen LogP contribution in [-0.4, -0.2) is 28.3 Å². The van der Waals surface area contributed by atoms with E-state index in [1.807, 2.05) is 0 Å². The second-order valence-corrected chi connectivity index (χ2v) is 3.43. The molecular formula is C9H11N3O2. The molecule has 1 amide bonds. The van der Waals surface area contributed by atoms with E-state index in [1.165, 1.54) is 9.47 Å². The SMILES string of the molecule is [2H]c1nc2c(n1C)C(=O)C(C)C(=O)N2C. The molecule has 1 aliphatic rings. The van der Waals surface area contributed by atoms with Crippen LogP contribution in [-0.2, 0) is 11.8 Å². The molecule has 0 fully saturated rings. The lowest BCUT2D eigenvalue weighted by molar-refractivity contribution is -0.120. The lowest BCUT2D eigenvalue weighted by atomic mass is 9.98. The van der Waals surface area contributed by atoms with Crippen LogP contribution in [0.4, 0.5) is 5.82 Å². The van der Waals surface area contributed by atoms with E-state index in [-0.39, 0.29) is 23.8 Å². The van der Waals surface area contributed by atoms with Crippen LogP contribution < -0.4 is 4.90 Å². The molecular weight excluding hydrogens is 182 g/mol. The predicted octanol–water partition coefficient (Wildman–Crippen LogP) is 0.215. The van der Waals surface area contributed by atoms with Crippen molar-refractivity contribution in [2.75, 3.05) is 11.9 Å². The number of rotatable bonds is 0. The van der Waals surface area contributed by atoms with E-state index < -0.39 is 5.92 Å². The molecule has 0 saturated heterocycles. The van der Waals surface area contributed by atoms with Gasteiger partial charge in [0.25, 0.3) is 0 Å². The second kappa shape index (κ2) is 2.67. The molecule has 0 N–H and O–H groups in total. The number of anilines is 1. The van der Waals surface area contributed by atoms with Crippen molar-refractivity contribution in [2.45, 2.75) is 6.92 Å². The van der Waals surface area contributed by atoms with Crippen LogP contribution in [0.15, 0.2) is 6.30 Å². The first kappa shape index (κ1) is 7.73. The number of Topliss-reactive ketones (excluding diaryl/α,β-unsaturated/α-hetero) is 1. The highest BCUT2D eigenvalue weighted by Crippen LogP contribution is 2.27. The molecule has 0 saturated carbocycles. The first-order valence-corrected chi connectivity index (χ1v) is 4.30. The van der Waals surface area contributed by atoms with Crippen LogP contribution in [0.5, 0.6) is 0 Å². The van der Waals surface area contributed by atoms with Crippen molar-refractivity contribution in [1.29, 1.82) is 0 Å². The van der Waals surface area contributed by atoms with Crippen LogP contribution in [0.3, 0.4) is 0 Å². The van der Waals surface area contributed by atoms with Crippen LogP contribution in [0.2, 0.25) is 0 Å². The van der Waals surface area contributed by atoms with Gasteiger partial charge in [-0.15, -0.1) is 0 Å². The van der Waals surface area contributed by atoms with E-state index in [1.54, 1.807) is 21.0 Å². The maximum Gasteiger partial charge on any atom is 0.238 e. The fourth-order valence-electron chi connectivity index (χ4n) is 1.60. The predicted molar refractivity (Wildman–Crippen MR) is 50.1 cm³/mol. The van der Waals surface area contributed by atoms with Crippen LogP contribution >= 0.6 is 0 Å². The first-order chi connectivity index (χ1) is 6.95. The number of hydrogen-bond donors (Lipinski definition) is 0. The average molecular weight is 194 g/mol. The fraction of sp³-hybridized carbons (Fsp3) is 0.444. The summed E-state index contributed by atoms with van der Waals surface area (Å²) in [4.78, 5) is 28.6. The summed E-state index contributed by atoms with van der Waals surface area (Å²) in [5.41, 5.74) is 0.342. The zero-order valence-electron chi connectivity index (χ0n) is 9.24. The molecule has 5 nitrogen and oxygen atoms in total. The number of fused-ring (bicyclic) bond motifs is 1. The molecule has 74 valence electrons. The first-order valence-electron chi connectivity index (χ1n) is 4.80. The zero-order chi connectivity index (χ0) is 11.3. The van der Waals surface area contributed by atoms with Crippen molar-refractivity contribution in [3.05, 3.63) is 12.0 Å². The standard InChI is InChI=1S/C9H11N3O2/c1-5-7(13)6-8(10-4-11(6)2)12(3)9(5)14/h4-5H,1-3H3/i4D. The molecule has 1 atom stereocenters. The number of hydrogen-bond acceptors (Lipinski definition) is 3. The van der Waals surface area contributed by atoms with Gasteiger partial charge in [0.05, 0.1) is 6.30 Å². The lowest BCUT2D eigenvalue weighted by Gasteiger charge is -2.25. The van der Waals surface area contributed by atoms with Gasteiger partial charge < -0.3 is 4.57 Å². The highest BCUT2D eigenvalue weighted by molar-refractivity contribution is 6.19. The van der Waals surface area contributed by atoms with Crippen molar-refractivity contribution in [2.24, 2.45) is 13.0 Å². The van der Waals surface area contributed by atoms with Crippen molar-refractivity contribution in [3.63, 3.8) is 0 Å². The number of aromatic nitrogens is 2. The number of carbonyl (C=O) groups excluding carboxylic acids is 2. The summed E-state index contributed by atoms with van der Waals surface area (Å²) >= 11 is 0. The normalized spacial score (nSPS) is 22.4. The Balaban J connectivity index is 2.69.